The van der Waals surface area contributed by atoms with E-state index in [4.69, 9.17) is 22.1 Å². The Morgan fingerprint density at radius 1 is 1.17 bits per heavy atom. The van der Waals surface area contributed by atoms with E-state index in [1.54, 1.807) is 6.20 Å². The molecule has 3 rings (SSSR count). The van der Waals surface area contributed by atoms with Crippen LogP contribution in [0.5, 0.6) is 5.88 Å². The minimum atomic E-state index is 0.217. The maximum absolute atomic E-state index is 5.90. The lowest BCUT2D eigenvalue weighted by Gasteiger charge is -2.34. The molecule has 1 aliphatic heterocycles. The summed E-state index contributed by atoms with van der Waals surface area (Å²) >= 11 is 5.90. The molecule has 2 aromatic rings. The van der Waals surface area contributed by atoms with E-state index in [1.807, 2.05) is 24.3 Å². The Hall–Kier alpha value is -2.05. The summed E-state index contributed by atoms with van der Waals surface area (Å²) in [6.45, 7) is 4.25. The number of hydrogen-bond acceptors (Lipinski definition) is 6. The second-order valence-electron chi connectivity index (χ2n) is 5.62. The van der Waals surface area contributed by atoms with Crippen molar-refractivity contribution in [3.05, 3.63) is 41.0 Å². The zero-order chi connectivity index (χ0) is 16.2. The van der Waals surface area contributed by atoms with Gasteiger partial charge in [0.1, 0.15) is 12.3 Å². The Balaban J connectivity index is 1.75. The molecule has 0 bridgehead atoms. The van der Waals surface area contributed by atoms with Crippen molar-refractivity contribution >= 4 is 23.2 Å². The molecule has 0 unspecified atom stereocenters. The quantitative estimate of drug-likeness (QED) is 0.923. The van der Waals surface area contributed by atoms with E-state index in [0.717, 1.165) is 37.4 Å². The fraction of sp³-hybridized carbons (Fsp3) is 0.375. The summed E-state index contributed by atoms with van der Waals surface area (Å²) in [5.41, 5.74) is 7.64. The van der Waals surface area contributed by atoms with Crippen LogP contribution in [0.2, 0.25) is 5.02 Å². The standard InChI is InChI=1S/C16H20ClN5O/c1-21-6-8-22(9-7-21)14-10-19-16(18)20-15(14)23-11-12-2-4-13(17)5-3-12/h2-5,10H,6-9,11H2,1H3,(H2,18,19,20). The van der Waals surface area contributed by atoms with E-state index >= 15 is 0 Å². The highest BCUT2D eigenvalue weighted by Gasteiger charge is 2.19. The summed E-state index contributed by atoms with van der Waals surface area (Å²) in [7, 11) is 2.12. The number of nitrogen functional groups attached to an aromatic ring is 1. The molecule has 2 N–H and O–H groups in total. The van der Waals surface area contributed by atoms with Gasteiger partial charge in [0.25, 0.3) is 0 Å². The van der Waals surface area contributed by atoms with Crippen molar-refractivity contribution in [2.75, 3.05) is 43.9 Å². The first-order valence-corrected chi connectivity index (χ1v) is 7.93. The second kappa shape index (κ2) is 7.02. The van der Waals surface area contributed by atoms with Crippen molar-refractivity contribution in [3.8, 4) is 5.88 Å². The van der Waals surface area contributed by atoms with Crippen LogP contribution >= 0.6 is 11.6 Å². The fourth-order valence-corrected chi connectivity index (χ4v) is 2.60. The lowest BCUT2D eigenvalue weighted by molar-refractivity contribution is 0.287. The third-order valence-corrected chi connectivity index (χ3v) is 4.14. The molecule has 1 fully saturated rings. The van der Waals surface area contributed by atoms with Gasteiger partial charge in [0.15, 0.2) is 0 Å². The average Bonchev–Trinajstić information content (AvgIpc) is 2.55. The second-order valence-corrected chi connectivity index (χ2v) is 6.06. The van der Waals surface area contributed by atoms with Crippen LogP contribution in [-0.2, 0) is 6.61 Å². The maximum atomic E-state index is 5.90. The van der Waals surface area contributed by atoms with E-state index in [1.165, 1.54) is 0 Å². The summed E-state index contributed by atoms with van der Waals surface area (Å²) in [5, 5.41) is 0.707. The van der Waals surface area contributed by atoms with Gasteiger partial charge in [0.2, 0.25) is 11.8 Å². The van der Waals surface area contributed by atoms with Crippen molar-refractivity contribution in [1.82, 2.24) is 14.9 Å². The number of rotatable bonds is 4. The highest BCUT2D eigenvalue weighted by molar-refractivity contribution is 6.30. The highest BCUT2D eigenvalue weighted by atomic mass is 35.5. The van der Waals surface area contributed by atoms with E-state index in [9.17, 15) is 0 Å². The number of hydrogen-bond donors (Lipinski definition) is 1. The number of halogens is 1. The molecule has 1 aromatic carbocycles. The maximum Gasteiger partial charge on any atom is 0.242 e. The molecule has 0 spiro atoms. The number of ether oxygens (including phenoxy) is 1. The topological polar surface area (TPSA) is 67.5 Å². The zero-order valence-corrected chi connectivity index (χ0v) is 13.8. The Labute approximate surface area is 140 Å². The molecule has 0 radical (unpaired) electrons. The van der Waals surface area contributed by atoms with Crippen molar-refractivity contribution in [1.29, 1.82) is 0 Å². The van der Waals surface area contributed by atoms with Crippen molar-refractivity contribution < 1.29 is 4.74 Å². The third kappa shape index (κ3) is 4.03. The van der Waals surface area contributed by atoms with Gasteiger partial charge in [-0.15, -0.1) is 0 Å². The molecule has 23 heavy (non-hydrogen) atoms. The molecule has 1 saturated heterocycles. The highest BCUT2D eigenvalue weighted by Crippen LogP contribution is 2.27. The molecule has 0 atom stereocenters. The third-order valence-electron chi connectivity index (χ3n) is 3.89. The van der Waals surface area contributed by atoms with Gasteiger partial charge in [0.05, 0.1) is 6.20 Å². The van der Waals surface area contributed by atoms with Gasteiger partial charge in [-0.05, 0) is 24.7 Å². The molecule has 2 heterocycles. The predicted molar refractivity (Wildman–Crippen MR) is 91.9 cm³/mol. The van der Waals surface area contributed by atoms with Crippen LogP contribution in [0.25, 0.3) is 0 Å². The molecule has 1 aliphatic rings. The Kier molecular flexibility index (Phi) is 4.83. The number of nitrogens with zero attached hydrogens (tertiary/aromatic N) is 4. The first-order chi connectivity index (χ1) is 11.1. The zero-order valence-electron chi connectivity index (χ0n) is 13.1. The molecule has 0 aliphatic carbocycles. The molecular weight excluding hydrogens is 314 g/mol. The smallest absolute Gasteiger partial charge is 0.242 e. The van der Waals surface area contributed by atoms with E-state index in [-0.39, 0.29) is 5.95 Å². The van der Waals surface area contributed by atoms with Crippen LogP contribution in [-0.4, -0.2) is 48.1 Å². The lowest BCUT2D eigenvalue weighted by Crippen LogP contribution is -2.44. The molecule has 1 aromatic heterocycles. The van der Waals surface area contributed by atoms with Gasteiger partial charge >= 0.3 is 0 Å². The minimum absolute atomic E-state index is 0.217. The van der Waals surface area contributed by atoms with Crippen LogP contribution in [0.1, 0.15) is 5.56 Å². The van der Waals surface area contributed by atoms with E-state index in [2.05, 4.69) is 26.8 Å². The summed E-state index contributed by atoms with van der Waals surface area (Å²) in [4.78, 5) is 12.9. The molecule has 0 amide bonds. The normalized spacial score (nSPS) is 15.7. The largest absolute Gasteiger partial charge is 0.471 e. The Morgan fingerprint density at radius 3 is 2.57 bits per heavy atom. The summed E-state index contributed by atoms with van der Waals surface area (Å²) in [6.07, 6.45) is 1.74. The van der Waals surface area contributed by atoms with Gasteiger partial charge in [-0.2, -0.15) is 4.98 Å². The van der Waals surface area contributed by atoms with Crippen LogP contribution in [0.3, 0.4) is 0 Å². The number of aromatic nitrogens is 2. The number of benzene rings is 1. The molecule has 7 heteroatoms. The average molecular weight is 334 g/mol. The van der Waals surface area contributed by atoms with Crippen LogP contribution in [0, 0.1) is 0 Å². The first-order valence-electron chi connectivity index (χ1n) is 7.55. The van der Waals surface area contributed by atoms with Crippen molar-refractivity contribution in [2.45, 2.75) is 6.61 Å². The lowest BCUT2D eigenvalue weighted by atomic mass is 10.2. The summed E-state index contributed by atoms with van der Waals surface area (Å²) in [5.74, 6) is 0.742. The molecule has 122 valence electrons. The van der Waals surface area contributed by atoms with Gasteiger partial charge in [-0.3, -0.25) is 0 Å². The van der Waals surface area contributed by atoms with E-state index in [0.29, 0.717) is 17.5 Å². The molecule has 0 saturated carbocycles. The number of nitrogens with two attached hydrogens (primary N) is 1. The number of piperazine rings is 1. The molecular formula is C16H20ClN5O. The van der Waals surface area contributed by atoms with Crippen LogP contribution in [0.15, 0.2) is 30.5 Å². The minimum Gasteiger partial charge on any atom is -0.471 e. The molecule has 6 nitrogen and oxygen atoms in total. The van der Waals surface area contributed by atoms with Gasteiger partial charge in [-0.25, -0.2) is 4.98 Å². The van der Waals surface area contributed by atoms with Crippen LogP contribution in [0.4, 0.5) is 11.6 Å². The SMILES string of the molecule is CN1CCN(c2cnc(N)nc2OCc2ccc(Cl)cc2)CC1. The van der Waals surface area contributed by atoms with Gasteiger partial charge in [0, 0.05) is 31.2 Å². The monoisotopic (exact) mass is 333 g/mol. The Morgan fingerprint density at radius 2 is 1.87 bits per heavy atom. The van der Waals surface area contributed by atoms with Crippen LogP contribution < -0.4 is 15.4 Å². The summed E-state index contributed by atoms with van der Waals surface area (Å²) in [6, 6.07) is 7.55. The van der Waals surface area contributed by atoms with Gasteiger partial charge < -0.3 is 20.3 Å². The fourth-order valence-electron chi connectivity index (χ4n) is 2.48. The van der Waals surface area contributed by atoms with Crippen molar-refractivity contribution in [3.63, 3.8) is 0 Å². The van der Waals surface area contributed by atoms with E-state index < -0.39 is 0 Å². The first kappa shape index (κ1) is 15.8. The summed E-state index contributed by atoms with van der Waals surface area (Å²) < 4.78 is 5.89. The number of likely N-dealkylation sites (N-methyl/N-ethyl adjacent to an activating group) is 1. The number of anilines is 2. The van der Waals surface area contributed by atoms with Gasteiger partial charge in [-0.1, -0.05) is 23.7 Å². The predicted octanol–water partition coefficient (Wildman–Crippen LogP) is 2.04. The Bertz CT molecular complexity index is 656. The van der Waals surface area contributed by atoms with Crippen molar-refractivity contribution in [2.24, 2.45) is 0 Å².